The Kier molecular flexibility index (Phi) is 5.01. The van der Waals surface area contributed by atoms with Gasteiger partial charge in [0.2, 0.25) is 5.91 Å². The molecule has 0 saturated carbocycles. The molecule has 0 aliphatic carbocycles. The van der Waals surface area contributed by atoms with Gasteiger partial charge in [0.25, 0.3) is 0 Å². The van der Waals surface area contributed by atoms with Crippen LogP contribution in [0.25, 0.3) is 10.8 Å². The Morgan fingerprint density at radius 3 is 2.67 bits per heavy atom. The number of hydrogen-bond donors (Lipinski definition) is 0. The number of carbonyl (C=O) groups is 1. The van der Waals surface area contributed by atoms with Gasteiger partial charge in [-0.2, -0.15) is 0 Å². The van der Waals surface area contributed by atoms with E-state index in [1.165, 1.54) is 16.3 Å². The summed E-state index contributed by atoms with van der Waals surface area (Å²) in [5, 5.41) is 2.44. The summed E-state index contributed by atoms with van der Waals surface area (Å²) in [7, 11) is 1.92. The monoisotopic (exact) mass is 360 g/mol. The van der Waals surface area contributed by atoms with Gasteiger partial charge < -0.3 is 9.80 Å². The van der Waals surface area contributed by atoms with E-state index >= 15 is 0 Å². The van der Waals surface area contributed by atoms with Crippen LogP contribution in [0.5, 0.6) is 0 Å². The number of fused-ring (bicyclic) bond motifs is 1. The minimum absolute atomic E-state index is 0.0814. The van der Waals surface area contributed by atoms with E-state index in [9.17, 15) is 4.79 Å². The number of nitrogens with zero attached hydrogens (tertiary/aromatic N) is 4. The molecule has 1 amide bonds. The van der Waals surface area contributed by atoms with Crippen molar-refractivity contribution in [3.8, 4) is 0 Å². The van der Waals surface area contributed by atoms with E-state index in [4.69, 9.17) is 0 Å². The van der Waals surface area contributed by atoms with E-state index in [-0.39, 0.29) is 11.8 Å². The van der Waals surface area contributed by atoms with E-state index in [1.54, 1.807) is 18.6 Å². The van der Waals surface area contributed by atoms with Crippen LogP contribution in [-0.2, 0) is 11.3 Å². The molecule has 3 aromatic rings. The molecule has 2 heterocycles. The van der Waals surface area contributed by atoms with Crippen LogP contribution in [0, 0.1) is 5.92 Å². The van der Waals surface area contributed by atoms with Crippen LogP contribution in [-0.4, -0.2) is 40.9 Å². The van der Waals surface area contributed by atoms with Crippen LogP contribution in [0.4, 0.5) is 5.82 Å². The summed E-state index contributed by atoms with van der Waals surface area (Å²) in [6.07, 6.45) is 6.89. The normalized spacial score (nSPS) is 15.1. The first-order valence-electron chi connectivity index (χ1n) is 9.45. The first-order chi connectivity index (χ1) is 13.2. The van der Waals surface area contributed by atoms with Crippen molar-refractivity contribution in [2.24, 2.45) is 5.92 Å². The molecule has 1 saturated heterocycles. The Morgan fingerprint density at radius 1 is 1.11 bits per heavy atom. The zero-order valence-electron chi connectivity index (χ0n) is 15.6. The summed E-state index contributed by atoms with van der Waals surface area (Å²) in [4.78, 5) is 25.5. The van der Waals surface area contributed by atoms with E-state index in [0.29, 0.717) is 6.54 Å². The molecule has 1 aliphatic rings. The van der Waals surface area contributed by atoms with Crippen LogP contribution in [0.3, 0.4) is 0 Å². The Balaban J connectivity index is 1.40. The van der Waals surface area contributed by atoms with E-state index in [2.05, 4.69) is 51.3 Å². The summed E-state index contributed by atoms with van der Waals surface area (Å²) in [5.41, 5.74) is 1.20. The van der Waals surface area contributed by atoms with Crippen LogP contribution >= 0.6 is 0 Å². The molecule has 0 spiro atoms. The van der Waals surface area contributed by atoms with Crippen molar-refractivity contribution in [1.82, 2.24) is 14.9 Å². The Labute approximate surface area is 159 Å². The third-order valence-corrected chi connectivity index (χ3v) is 5.38. The van der Waals surface area contributed by atoms with Crippen molar-refractivity contribution in [2.75, 3.05) is 25.0 Å². The number of anilines is 1. The molecule has 1 aromatic heterocycles. The second kappa shape index (κ2) is 7.74. The fourth-order valence-electron chi connectivity index (χ4n) is 3.89. The molecule has 2 aromatic carbocycles. The highest BCUT2D eigenvalue weighted by molar-refractivity contribution is 5.86. The average molecular weight is 360 g/mol. The molecule has 27 heavy (non-hydrogen) atoms. The van der Waals surface area contributed by atoms with Crippen LogP contribution in [0.2, 0.25) is 0 Å². The van der Waals surface area contributed by atoms with Crippen LogP contribution in [0.1, 0.15) is 18.4 Å². The van der Waals surface area contributed by atoms with Crippen molar-refractivity contribution in [3.63, 3.8) is 0 Å². The summed E-state index contributed by atoms with van der Waals surface area (Å²) in [6, 6.07) is 14.6. The topological polar surface area (TPSA) is 49.3 Å². The minimum atomic E-state index is 0.0814. The molecule has 0 unspecified atom stereocenters. The highest BCUT2D eigenvalue weighted by atomic mass is 16.2. The maximum absolute atomic E-state index is 13.0. The lowest BCUT2D eigenvalue weighted by molar-refractivity contribution is -0.135. The van der Waals surface area contributed by atoms with Crippen molar-refractivity contribution in [3.05, 3.63) is 66.6 Å². The molecule has 0 bridgehead atoms. The highest BCUT2D eigenvalue weighted by Gasteiger charge is 2.27. The van der Waals surface area contributed by atoms with Gasteiger partial charge in [-0.15, -0.1) is 0 Å². The van der Waals surface area contributed by atoms with Crippen molar-refractivity contribution in [1.29, 1.82) is 0 Å². The zero-order valence-corrected chi connectivity index (χ0v) is 15.6. The third kappa shape index (κ3) is 3.77. The van der Waals surface area contributed by atoms with Gasteiger partial charge in [-0.05, 0) is 29.2 Å². The van der Waals surface area contributed by atoms with Gasteiger partial charge in [0, 0.05) is 45.0 Å². The van der Waals surface area contributed by atoms with Gasteiger partial charge in [0.1, 0.15) is 5.82 Å². The second-order valence-corrected chi connectivity index (χ2v) is 7.16. The lowest BCUT2D eigenvalue weighted by atomic mass is 9.95. The molecule has 0 N–H and O–H groups in total. The molecular formula is C22H24N4O. The molecular weight excluding hydrogens is 336 g/mol. The summed E-state index contributed by atoms with van der Waals surface area (Å²) in [6.45, 7) is 2.33. The van der Waals surface area contributed by atoms with Gasteiger partial charge in [0.05, 0.1) is 6.20 Å². The summed E-state index contributed by atoms with van der Waals surface area (Å²) in [5.74, 6) is 1.21. The first kappa shape index (κ1) is 17.5. The fraction of sp³-hybridized carbons (Fsp3) is 0.318. The molecule has 5 nitrogen and oxygen atoms in total. The molecule has 1 fully saturated rings. The molecule has 1 aliphatic heterocycles. The van der Waals surface area contributed by atoms with Crippen molar-refractivity contribution >= 4 is 22.5 Å². The molecule has 138 valence electrons. The lowest BCUT2D eigenvalue weighted by Crippen LogP contribution is -2.41. The zero-order chi connectivity index (χ0) is 18.6. The number of carbonyl (C=O) groups excluding carboxylic acids is 1. The minimum Gasteiger partial charge on any atom is -0.355 e. The Bertz CT molecular complexity index is 915. The van der Waals surface area contributed by atoms with Crippen molar-refractivity contribution in [2.45, 2.75) is 19.4 Å². The third-order valence-electron chi connectivity index (χ3n) is 5.38. The van der Waals surface area contributed by atoms with Gasteiger partial charge in [-0.25, -0.2) is 4.98 Å². The Hall–Kier alpha value is -2.95. The summed E-state index contributed by atoms with van der Waals surface area (Å²) >= 11 is 0. The second-order valence-electron chi connectivity index (χ2n) is 7.16. The van der Waals surface area contributed by atoms with Gasteiger partial charge >= 0.3 is 0 Å². The number of benzene rings is 2. The highest BCUT2D eigenvalue weighted by Crippen LogP contribution is 2.24. The quantitative estimate of drug-likeness (QED) is 0.714. The maximum atomic E-state index is 13.0. The number of hydrogen-bond acceptors (Lipinski definition) is 4. The number of aromatic nitrogens is 2. The summed E-state index contributed by atoms with van der Waals surface area (Å²) < 4.78 is 0. The van der Waals surface area contributed by atoms with Crippen LogP contribution in [0.15, 0.2) is 61.1 Å². The van der Waals surface area contributed by atoms with Gasteiger partial charge in [-0.3, -0.25) is 9.78 Å². The van der Waals surface area contributed by atoms with Gasteiger partial charge in [-0.1, -0.05) is 42.5 Å². The lowest BCUT2D eigenvalue weighted by Gasteiger charge is -2.33. The standard InChI is InChI=1S/C22H24N4O/c1-25(16-19-7-4-6-17-5-2-3-8-20(17)19)22(27)18-9-13-26(14-10-18)21-15-23-11-12-24-21/h2-8,11-12,15,18H,9-10,13-14,16H2,1H3. The first-order valence-corrected chi connectivity index (χ1v) is 9.45. The largest absolute Gasteiger partial charge is 0.355 e. The van der Waals surface area contributed by atoms with Crippen molar-refractivity contribution < 1.29 is 4.79 Å². The number of amides is 1. The SMILES string of the molecule is CN(Cc1cccc2ccccc12)C(=O)C1CCN(c2cnccn2)CC1. The smallest absolute Gasteiger partial charge is 0.225 e. The van der Waals surface area contributed by atoms with E-state index < -0.39 is 0 Å². The molecule has 0 radical (unpaired) electrons. The predicted molar refractivity (Wildman–Crippen MR) is 107 cm³/mol. The van der Waals surface area contributed by atoms with Gasteiger partial charge in [0.15, 0.2) is 0 Å². The predicted octanol–water partition coefficient (Wildman–Crippen LogP) is 3.50. The number of piperidine rings is 1. The number of rotatable bonds is 4. The average Bonchev–Trinajstić information content (AvgIpc) is 2.74. The fourth-order valence-corrected chi connectivity index (χ4v) is 3.89. The molecule has 5 heteroatoms. The molecule has 0 atom stereocenters. The van der Waals surface area contributed by atoms with E-state index in [1.807, 2.05) is 18.0 Å². The molecule has 4 rings (SSSR count). The van der Waals surface area contributed by atoms with Crippen LogP contribution < -0.4 is 4.90 Å². The van der Waals surface area contributed by atoms with E-state index in [0.717, 1.165) is 31.7 Å². The Morgan fingerprint density at radius 2 is 1.89 bits per heavy atom. The maximum Gasteiger partial charge on any atom is 0.225 e.